The average Bonchev–Trinajstić information content (AvgIpc) is 3.21. The monoisotopic (exact) mass is 376 g/mol. The molecule has 0 aliphatic carbocycles. The minimum absolute atomic E-state index is 0.0926. The van der Waals surface area contributed by atoms with E-state index in [4.69, 9.17) is 4.74 Å². The zero-order valence-electron chi connectivity index (χ0n) is 15.9. The van der Waals surface area contributed by atoms with Gasteiger partial charge in [0.25, 0.3) is 5.91 Å². The molecule has 1 aliphatic heterocycles. The summed E-state index contributed by atoms with van der Waals surface area (Å²) in [6.07, 6.45) is 2.78. The molecule has 1 amide bonds. The van der Waals surface area contributed by atoms with Crippen LogP contribution in [0.25, 0.3) is 11.4 Å². The zero-order chi connectivity index (χ0) is 19.3. The van der Waals surface area contributed by atoms with E-state index in [1.807, 2.05) is 42.5 Å². The summed E-state index contributed by atoms with van der Waals surface area (Å²) >= 11 is 0. The van der Waals surface area contributed by atoms with E-state index in [2.05, 4.69) is 33.5 Å². The molecule has 144 valence electrons. The Hall–Kier alpha value is -3.15. The number of aromatic nitrogens is 3. The molecule has 1 aliphatic rings. The van der Waals surface area contributed by atoms with E-state index < -0.39 is 0 Å². The number of nitrogens with zero attached hydrogens (tertiary/aromatic N) is 2. The molecule has 0 saturated heterocycles. The highest BCUT2D eigenvalue weighted by atomic mass is 16.5. The number of carbonyl (C=O) groups is 1. The van der Waals surface area contributed by atoms with Gasteiger partial charge in [0, 0.05) is 30.0 Å². The van der Waals surface area contributed by atoms with Gasteiger partial charge in [-0.15, -0.1) is 0 Å². The number of hydrogen-bond donors (Lipinski definition) is 2. The lowest BCUT2D eigenvalue weighted by Gasteiger charge is -2.25. The van der Waals surface area contributed by atoms with Crippen LogP contribution in [0.1, 0.15) is 35.1 Å². The Kier molecular flexibility index (Phi) is 5.37. The fraction of sp³-hybridized carbons (Fsp3) is 0.318. The summed E-state index contributed by atoms with van der Waals surface area (Å²) in [5.41, 5.74) is 2.64. The Morgan fingerprint density at radius 2 is 2.14 bits per heavy atom. The number of rotatable bonds is 6. The van der Waals surface area contributed by atoms with E-state index in [1.54, 1.807) is 0 Å². The number of H-pyrrole nitrogens is 1. The van der Waals surface area contributed by atoms with Gasteiger partial charge in [-0.05, 0) is 36.6 Å². The molecule has 2 N–H and O–H groups in total. The number of aromatic amines is 1. The summed E-state index contributed by atoms with van der Waals surface area (Å²) < 4.78 is 5.80. The quantitative estimate of drug-likeness (QED) is 0.691. The van der Waals surface area contributed by atoms with Crippen LogP contribution in [-0.4, -0.2) is 34.2 Å². The van der Waals surface area contributed by atoms with Crippen LogP contribution in [0.3, 0.4) is 0 Å². The standard InChI is InChI=1S/C22H24N4O2/c1-2-6-20-24-21(26-25-20)17-8-5-9-18(12-17)22(27)23-13-15-11-16-7-3-4-10-19(16)28-14-15/h3-5,7-10,12,15H,2,6,11,13-14H2,1H3,(H,23,27)(H,24,25,26)/t15-/m1/s1. The van der Waals surface area contributed by atoms with Gasteiger partial charge in [0.2, 0.25) is 0 Å². The molecule has 4 rings (SSSR count). The van der Waals surface area contributed by atoms with Crippen LogP contribution in [0, 0.1) is 5.92 Å². The highest BCUT2D eigenvalue weighted by molar-refractivity contribution is 5.95. The molecule has 2 heterocycles. The largest absolute Gasteiger partial charge is 0.493 e. The Morgan fingerprint density at radius 1 is 1.25 bits per heavy atom. The fourth-order valence-electron chi connectivity index (χ4n) is 3.43. The van der Waals surface area contributed by atoms with Gasteiger partial charge >= 0.3 is 0 Å². The topological polar surface area (TPSA) is 79.9 Å². The molecule has 0 spiro atoms. The van der Waals surface area contributed by atoms with Crippen molar-refractivity contribution in [1.29, 1.82) is 0 Å². The normalized spacial score (nSPS) is 15.5. The molecule has 0 saturated carbocycles. The van der Waals surface area contributed by atoms with Crippen LogP contribution in [0.5, 0.6) is 5.75 Å². The summed E-state index contributed by atoms with van der Waals surface area (Å²) in [5, 5.41) is 10.3. The number of hydrogen-bond acceptors (Lipinski definition) is 4. The van der Waals surface area contributed by atoms with Gasteiger partial charge in [0.05, 0.1) is 6.61 Å². The highest BCUT2D eigenvalue weighted by Crippen LogP contribution is 2.26. The lowest BCUT2D eigenvalue weighted by atomic mass is 9.96. The smallest absolute Gasteiger partial charge is 0.251 e. The number of fused-ring (bicyclic) bond motifs is 1. The maximum absolute atomic E-state index is 12.6. The fourth-order valence-corrected chi connectivity index (χ4v) is 3.43. The predicted molar refractivity (Wildman–Crippen MR) is 107 cm³/mol. The molecule has 0 bridgehead atoms. The average molecular weight is 376 g/mol. The summed E-state index contributed by atoms with van der Waals surface area (Å²) in [6.45, 7) is 3.30. The van der Waals surface area contributed by atoms with E-state index in [1.165, 1.54) is 5.56 Å². The van der Waals surface area contributed by atoms with Gasteiger partial charge < -0.3 is 10.1 Å². The number of nitrogens with one attached hydrogen (secondary N) is 2. The first-order valence-corrected chi connectivity index (χ1v) is 9.73. The van der Waals surface area contributed by atoms with E-state index in [0.717, 1.165) is 36.4 Å². The van der Waals surface area contributed by atoms with Crippen LogP contribution in [0.15, 0.2) is 48.5 Å². The van der Waals surface area contributed by atoms with E-state index >= 15 is 0 Å². The predicted octanol–water partition coefficient (Wildman–Crippen LogP) is 3.41. The first-order valence-electron chi connectivity index (χ1n) is 9.73. The van der Waals surface area contributed by atoms with Gasteiger partial charge in [0.1, 0.15) is 11.6 Å². The Morgan fingerprint density at radius 3 is 3.04 bits per heavy atom. The lowest BCUT2D eigenvalue weighted by Crippen LogP contribution is -2.34. The van der Waals surface area contributed by atoms with Crippen molar-refractivity contribution >= 4 is 5.91 Å². The Labute approximate surface area is 164 Å². The number of aryl methyl sites for hydroxylation is 1. The molecule has 3 aromatic rings. The number of para-hydroxylation sites is 1. The molecular formula is C22H24N4O2. The number of amides is 1. The maximum Gasteiger partial charge on any atom is 0.251 e. The zero-order valence-corrected chi connectivity index (χ0v) is 15.9. The third-order valence-electron chi connectivity index (χ3n) is 4.91. The van der Waals surface area contributed by atoms with Crippen LogP contribution in [-0.2, 0) is 12.8 Å². The molecule has 6 heteroatoms. The molecule has 0 radical (unpaired) electrons. The summed E-state index contributed by atoms with van der Waals surface area (Å²) in [4.78, 5) is 17.1. The number of benzene rings is 2. The van der Waals surface area contributed by atoms with Crippen LogP contribution >= 0.6 is 0 Å². The SMILES string of the molecule is CCCc1nc(-c2cccc(C(=O)NC[C@@H]3COc4ccccc4C3)c2)n[nH]1. The van der Waals surface area contributed by atoms with Crippen molar-refractivity contribution in [3.8, 4) is 17.1 Å². The van der Waals surface area contributed by atoms with Gasteiger partial charge in [-0.3, -0.25) is 9.89 Å². The van der Waals surface area contributed by atoms with Crippen molar-refractivity contribution in [3.63, 3.8) is 0 Å². The van der Waals surface area contributed by atoms with Gasteiger partial charge in [-0.2, -0.15) is 5.10 Å². The molecule has 2 aromatic carbocycles. The van der Waals surface area contributed by atoms with E-state index in [-0.39, 0.29) is 11.8 Å². The van der Waals surface area contributed by atoms with Gasteiger partial charge in [-0.25, -0.2) is 4.98 Å². The highest BCUT2D eigenvalue weighted by Gasteiger charge is 2.20. The molecule has 1 atom stereocenters. The van der Waals surface area contributed by atoms with Crippen molar-refractivity contribution in [3.05, 3.63) is 65.5 Å². The number of ether oxygens (including phenoxy) is 1. The van der Waals surface area contributed by atoms with Crippen molar-refractivity contribution < 1.29 is 9.53 Å². The van der Waals surface area contributed by atoms with Crippen LogP contribution in [0.4, 0.5) is 0 Å². The molecule has 0 unspecified atom stereocenters. The van der Waals surface area contributed by atoms with Crippen molar-refractivity contribution in [2.45, 2.75) is 26.2 Å². The molecular weight excluding hydrogens is 352 g/mol. The van der Waals surface area contributed by atoms with Crippen LogP contribution < -0.4 is 10.1 Å². The summed E-state index contributed by atoms with van der Waals surface area (Å²) in [5.74, 6) is 2.61. The first kappa shape index (κ1) is 18.2. The molecule has 6 nitrogen and oxygen atoms in total. The third-order valence-corrected chi connectivity index (χ3v) is 4.91. The van der Waals surface area contributed by atoms with Gasteiger partial charge in [0.15, 0.2) is 5.82 Å². The molecule has 1 aromatic heterocycles. The Balaban J connectivity index is 1.38. The second kappa shape index (κ2) is 8.25. The molecule has 0 fully saturated rings. The summed E-state index contributed by atoms with van der Waals surface area (Å²) in [6, 6.07) is 15.5. The van der Waals surface area contributed by atoms with Crippen molar-refractivity contribution in [2.75, 3.05) is 13.2 Å². The first-order chi connectivity index (χ1) is 13.7. The van der Waals surface area contributed by atoms with E-state index in [9.17, 15) is 4.79 Å². The second-order valence-electron chi connectivity index (χ2n) is 7.14. The maximum atomic E-state index is 12.6. The Bertz CT molecular complexity index is 966. The van der Waals surface area contributed by atoms with Crippen LogP contribution in [0.2, 0.25) is 0 Å². The number of carbonyl (C=O) groups excluding carboxylic acids is 1. The van der Waals surface area contributed by atoms with Crippen molar-refractivity contribution in [2.24, 2.45) is 5.92 Å². The van der Waals surface area contributed by atoms with Crippen molar-refractivity contribution in [1.82, 2.24) is 20.5 Å². The minimum atomic E-state index is -0.0926. The third kappa shape index (κ3) is 4.06. The van der Waals surface area contributed by atoms with Gasteiger partial charge in [-0.1, -0.05) is 37.3 Å². The summed E-state index contributed by atoms with van der Waals surface area (Å²) in [7, 11) is 0. The lowest BCUT2D eigenvalue weighted by molar-refractivity contribution is 0.0939. The van der Waals surface area contributed by atoms with E-state index in [0.29, 0.717) is 24.5 Å². The molecule has 28 heavy (non-hydrogen) atoms. The second-order valence-corrected chi connectivity index (χ2v) is 7.14. The minimum Gasteiger partial charge on any atom is -0.493 e.